The van der Waals surface area contributed by atoms with Gasteiger partial charge >= 0.3 is 0 Å². The van der Waals surface area contributed by atoms with E-state index in [0.29, 0.717) is 0 Å². The number of hydrogen-bond donors (Lipinski definition) is 0. The Bertz CT molecular complexity index is 166. The van der Waals surface area contributed by atoms with Gasteiger partial charge in [-0.2, -0.15) is 0 Å². The largest absolute Gasteiger partial charge is 0.372 e. The van der Waals surface area contributed by atoms with Gasteiger partial charge in [0.2, 0.25) is 0 Å². The first-order chi connectivity index (χ1) is 5.65. The number of amides is 1. The van der Waals surface area contributed by atoms with Crippen LogP contribution in [0.3, 0.4) is 0 Å². The Labute approximate surface area is 73.7 Å². The summed E-state index contributed by atoms with van der Waals surface area (Å²) in [4.78, 5) is 13.2. The maximum atomic E-state index is 11.4. The highest BCUT2D eigenvalue weighted by molar-refractivity contribution is 5.80. The quantitative estimate of drug-likeness (QED) is 0.628. The molecule has 1 atom stereocenters. The number of carbonyl (C=O) groups is 1. The van der Waals surface area contributed by atoms with Gasteiger partial charge in [-0.3, -0.25) is 4.79 Å². The summed E-state index contributed by atoms with van der Waals surface area (Å²) in [6.45, 7) is 2.68. The second-order valence-corrected chi connectivity index (χ2v) is 3.54. The lowest BCUT2D eigenvalue weighted by Crippen LogP contribution is -2.36. The van der Waals surface area contributed by atoms with Crippen LogP contribution >= 0.6 is 0 Å². The van der Waals surface area contributed by atoms with Gasteiger partial charge in [0.15, 0.2) is 0 Å². The first-order valence-corrected chi connectivity index (χ1v) is 4.43. The Hall–Kier alpha value is -0.570. The molecule has 1 unspecified atom stereocenters. The van der Waals surface area contributed by atoms with Crippen LogP contribution in [0.15, 0.2) is 0 Å². The van der Waals surface area contributed by atoms with E-state index in [0.717, 1.165) is 12.5 Å². The molecule has 1 aliphatic rings. The minimum absolute atomic E-state index is 0.0874. The van der Waals surface area contributed by atoms with Crippen LogP contribution in [0.5, 0.6) is 0 Å². The molecule has 1 saturated carbocycles. The van der Waals surface area contributed by atoms with Crippen LogP contribution in [0.25, 0.3) is 0 Å². The molecule has 1 amide bonds. The zero-order valence-electron chi connectivity index (χ0n) is 8.04. The molecule has 12 heavy (non-hydrogen) atoms. The number of likely N-dealkylation sites (N-methyl/N-ethyl adjacent to an activating group) is 1. The highest BCUT2D eigenvalue weighted by Gasteiger charge is 2.26. The first-order valence-electron chi connectivity index (χ1n) is 4.43. The second kappa shape index (κ2) is 3.90. The van der Waals surface area contributed by atoms with E-state index in [2.05, 4.69) is 0 Å². The van der Waals surface area contributed by atoms with Crippen LogP contribution in [0.4, 0.5) is 0 Å². The molecule has 0 heterocycles. The lowest BCUT2D eigenvalue weighted by atomic mass is 10.3. The summed E-state index contributed by atoms with van der Waals surface area (Å²) >= 11 is 0. The molecule has 0 saturated heterocycles. The van der Waals surface area contributed by atoms with Gasteiger partial charge in [0, 0.05) is 20.7 Å². The molecule has 0 N–H and O–H groups in total. The summed E-state index contributed by atoms with van der Waals surface area (Å²) in [5.41, 5.74) is 0. The van der Waals surface area contributed by atoms with E-state index in [4.69, 9.17) is 4.74 Å². The summed E-state index contributed by atoms with van der Waals surface area (Å²) < 4.78 is 4.94. The third-order valence-corrected chi connectivity index (χ3v) is 2.31. The third kappa shape index (κ3) is 2.48. The molecule has 0 radical (unpaired) electrons. The molecule has 0 aromatic carbocycles. The van der Waals surface area contributed by atoms with E-state index in [1.165, 1.54) is 12.8 Å². The van der Waals surface area contributed by atoms with Crippen molar-refractivity contribution in [2.24, 2.45) is 5.92 Å². The molecule has 1 aliphatic carbocycles. The predicted octanol–water partition coefficient (Wildman–Crippen LogP) is 0.890. The van der Waals surface area contributed by atoms with Crippen molar-refractivity contribution in [3.8, 4) is 0 Å². The van der Waals surface area contributed by atoms with Crippen molar-refractivity contribution in [2.45, 2.75) is 25.9 Å². The van der Waals surface area contributed by atoms with Crippen molar-refractivity contribution in [1.29, 1.82) is 0 Å². The fourth-order valence-electron chi connectivity index (χ4n) is 1.19. The van der Waals surface area contributed by atoms with Crippen LogP contribution in [-0.2, 0) is 9.53 Å². The van der Waals surface area contributed by atoms with Crippen molar-refractivity contribution in [3.05, 3.63) is 0 Å². The number of ether oxygens (including phenoxy) is 1. The van der Waals surface area contributed by atoms with Crippen LogP contribution in [0.2, 0.25) is 0 Å². The summed E-state index contributed by atoms with van der Waals surface area (Å²) in [5.74, 6) is 0.840. The van der Waals surface area contributed by atoms with Crippen LogP contribution in [0.1, 0.15) is 19.8 Å². The van der Waals surface area contributed by atoms with Gasteiger partial charge in [0.05, 0.1) is 0 Å². The molecule has 0 aromatic rings. The number of carbonyl (C=O) groups excluding carboxylic acids is 1. The Morgan fingerprint density at radius 1 is 1.67 bits per heavy atom. The Morgan fingerprint density at radius 2 is 2.25 bits per heavy atom. The van der Waals surface area contributed by atoms with Crippen molar-refractivity contribution in [1.82, 2.24) is 4.90 Å². The molecule has 3 heteroatoms. The topological polar surface area (TPSA) is 29.5 Å². The maximum Gasteiger partial charge on any atom is 0.251 e. The van der Waals surface area contributed by atoms with Gasteiger partial charge in [-0.1, -0.05) is 0 Å². The highest BCUT2D eigenvalue weighted by atomic mass is 16.5. The number of nitrogens with zero attached hydrogens (tertiary/aromatic N) is 1. The Kier molecular flexibility index (Phi) is 3.09. The Balaban J connectivity index is 2.28. The minimum Gasteiger partial charge on any atom is -0.372 e. The van der Waals surface area contributed by atoms with Crippen molar-refractivity contribution < 1.29 is 9.53 Å². The second-order valence-electron chi connectivity index (χ2n) is 3.54. The minimum atomic E-state index is -0.297. The summed E-state index contributed by atoms with van der Waals surface area (Å²) in [5, 5.41) is 0. The summed E-state index contributed by atoms with van der Waals surface area (Å²) in [6, 6.07) is 0. The smallest absolute Gasteiger partial charge is 0.251 e. The SMILES string of the molecule is COC(C)C(=O)N(C)CC1CC1. The fraction of sp³-hybridized carbons (Fsp3) is 0.889. The third-order valence-electron chi connectivity index (χ3n) is 2.31. The van der Waals surface area contributed by atoms with Crippen LogP contribution < -0.4 is 0 Å². The van der Waals surface area contributed by atoms with Gasteiger partial charge in [0.25, 0.3) is 5.91 Å². The monoisotopic (exact) mass is 171 g/mol. The summed E-state index contributed by atoms with van der Waals surface area (Å²) in [6.07, 6.45) is 2.26. The number of rotatable bonds is 4. The zero-order valence-corrected chi connectivity index (χ0v) is 8.04. The average Bonchev–Trinajstić information content (AvgIpc) is 2.85. The van der Waals surface area contributed by atoms with Crippen molar-refractivity contribution in [3.63, 3.8) is 0 Å². The normalized spacial score (nSPS) is 18.9. The van der Waals surface area contributed by atoms with Crippen molar-refractivity contribution >= 4 is 5.91 Å². The van der Waals surface area contributed by atoms with E-state index in [9.17, 15) is 4.79 Å². The van der Waals surface area contributed by atoms with E-state index in [1.54, 1.807) is 18.9 Å². The van der Waals surface area contributed by atoms with Crippen LogP contribution in [-0.4, -0.2) is 37.6 Å². The van der Waals surface area contributed by atoms with Crippen LogP contribution in [0, 0.1) is 5.92 Å². The molecule has 0 aromatic heterocycles. The highest BCUT2D eigenvalue weighted by Crippen LogP contribution is 2.29. The maximum absolute atomic E-state index is 11.4. The number of hydrogen-bond acceptors (Lipinski definition) is 2. The van der Waals surface area contributed by atoms with Gasteiger partial charge in [-0.05, 0) is 25.7 Å². The fourth-order valence-corrected chi connectivity index (χ4v) is 1.19. The molecule has 0 bridgehead atoms. The van der Waals surface area contributed by atoms with Gasteiger partial charge < -0.3 is 9.64 Å². The Morgan fingerprint density at radius 3 is 2.67 bits per heavy atom. The van der Waals surface area contributed by atoms with Gasteiger partial charge in [-0.25, -0.2) is 0 Å². The van der Waals surface area contributed by atoms with Crippen molar-refractivity contribution in [2.75, 3.05) is 20.7 Å². The molecule has 70 valence electrons. The number of methoxy groups -OCH3 is 1. The molecule has 3 nitrogen and oxygen atoms in total. The van der Waals surface area contributed by atoms with E-state index < -0.39 is 0 Å². The zero-order chi connectivity index (χ0) is 9.14. The predicted molar refractivity (Wildman–Crippen MR) is 46.8 cm³/mol. The molecule has 1 fully saturated rings. The standard InChI is InChI=1S/C9H17NO2/c1-7(12-3)9(11)10(2)6-8-4-5-8/h7-8H,4-6H2,1-3H3. The summed E-state index contributed by atoms with van der Waals surface area (Å²) in [7, 11) is 3.41. The van der Waals surface area contributed by atoms with Gasteiger partial charge in [-0.15, -0.1) is 0 Å². The molecule has 1 rings (SSSR count). The van der Waals surface area contributed by atoms with Gasteiger partial charge in [0.1, 0.15) is 6.10 Å². The van der Waals surface area contributed by atoms with E-state index in [1.807, 2.05) is 7.05 Å². The molecule has 0 spiro atoms. The first kappa shape index (κ1) is 9.52. The average molecular weight is 171 g/mol. The van der Waals surface area contributed by atoms with E-state index >= 15 is 0 Å². The lowest BCUT2D eigenvalue weighted by molar-refractivity contribution is -0.139. The molecule has 0 aliphatic heterocycles. The van der Waals surface area contributed by atoms with E-state index in [-0.39, 0.29) is 12.0 Å². The lowest BCUT2D eigenvalue weighted by Gasteiger charge is -2.20. The molecular weight excluding hydrogens is 154 g/mol. The molecular formula is C9H17NO2.